The Morgan fingerprint density at radius 1 is 0.276 bits per heavy atom. The summed E-state index contributed by atoms with van der Waals surface area (Å²) in [6.07, 6.45) is 96.5. The zero-order chi connectivity index (χ0) is 62.8. The molecular formula is C81H161NO5. The van der Waals surface area contributed by atoms with Gasteiger partial charge in [0.15, 0.2) is 0 Å². The first-order valence-electron chi connectivity index (χ1n) is 40.8. The minimum Gasteiger partial charge on any atom is -0.466 e. The molecule has 3 N–H and O–H groups in total. The van der Waals surface area contributed by atoms with Crippen molar-refractivity contribution in [1.29, 1.82) is 0 Å². The molecule has 6 heteroatoms. The van der Waals surface area contributed by atoms with E-state index in [4.69, 9.17) is 4.74 Å². The highest BCUT2D eigenvalue weighted by Crippen LogP contribution is 2.21. The number of ether oxygens (including phenoxy) is 1. The summed E-state index contributed by atoms with van der Waals surface area (Å²) in [5.41, 5.74) is 0. The number of rotatable bonds is 78. The SMILES string of the molecule is CCCCCCCCCCCCCCCCCCCCC(=O)OCCCCCCCCCCCCCCCCCCCCCCCCCCCCCCCCCCCCCCCCCC(=O)NC(CO)C(O)CCCCCCCCCCCCCCC. The summed E-state index contributed by atoms with van der Waals surface area (Å²) in [6.45, 7) is 5.01. The second-order valence-electron chi connectivity index (χ2n) is 28.5. The molecule has 0 radical (unpaired) electrons. The van der Waals surface area contributed by atoms with Crippen LogP contribution in [0.2, 0.25) is 0 Å². The van der Waals surface area contributed by atoms with E-state index in [0.29, 0.717) is 25.9 Å². The van der Waals surface area contributed by atoms with E-state index < -0.39 is 12.1 Å². The minimum absolute atomic E-state index is 0.0254. The molecule has 2 unspecified atom stereocenters. The van der Waals surface area contributed by atoms with Crippen LogP contribution in [-0.4, -0.2) is 47.4 Å². The van der Waals surface area contributed by atoms with Crippen LogP contribution < -0.4 is 5.32 Å². The van der Waals surface area contributed by atoms with E-state index in [1.165, 1.54) is 411 Å². The number of aliphatic hydroxyl groups is 2. The summed E-state index contributed by atoms with van der Waals surface area (Å²) >= 11 is 0. The lowest BCUT2D eigenvalue weighted by Crippen LogP contribution is -2.45. The van der Waals surface area contributed by atoms with Crippen molar-refractivity contribution in [3.05, 3.63) is 0 Å². The predicted octanol–water partition coefficient (Wildman–Crippen LogP) is 26.9. The van der Waals surface area contributed by atoms with Gasteiger partial charge in [0.05, 0.1) is 25.4 Å². The summed E-state index contributed by atoms with van der Waals surface area (Å²) in [7, 11) is 0. The highest BCUT2D eigenvalue weighted by atomic mass is 16.5. The number of carbonyl (C=O) groups excluding carboxylic acids is 2. The quantitative estimate of drug-likeness (QED) is 0.0417. The van der Waals surface area contributed by atoms with Crippen LogP contribution in [0.25, 0.3) is 0 Å². The predicted molar refractivity (Wildman–Crippen MR) is 384 cm³/mol. The summed E-state index contributed by atoms with van der Waals surface area (Å²) in [6, 6.07) is -0.535. The Labute approximate surface area is 547 Å². The van der Waals surface area contributed by atoms with Crippen molar-refractivity contribution >= 4 is 11.9 Å². The van der Waals surface area contributed by atoms with Crippen LogP contribution in [0.4, 0.5) is 0 Å². The molecule has 0 fully saturated rings. The van der Waals surface area contributed by atoms with Gasteiger partial charge in [-0.05, 0) is 25.7 Å². The van der Waals surface area contributed by atoms with E-state index in [2.05, 4.69) is 19.2 Å². The van der Waals surface area contributed by atoms with Gasteiger partial charge in [-0.2, -0.15) is 0 Å². The summed E-state index contributed by atoms with van der Waals surface area (Å²) < 4.78 is 5.52. The maximum Gasteiger partial charge on any atom is 0.305 e. The third-order valence-electron chi connectivity index (χ3n) is 19.7. The molecule has 0 aliphatic carbocycles. The first-order valence-corrected chi connectivity index (χ1v) is 40.8. The molecule has 0 aromatic rings. The Kier molecular flexibility index (Phi) is 76.3. The van der Waals surface area contributed by atoms with Crippen molar-refractivity contribution in [2.75, 3.05) is 13.2 Å². The van der Waals surface area contributed by atoms with E-state index in [1.54, 1.807) is 0 Å². The standard InChI is InChI=1S/C81H161NO5/c1-3-5-7-9-11-13-15-17-18-19-44-47-51-55-59-63-67-71-75-81(86)87-76-72-68-64-60-56-52-48-45-42-40-38-36-34-32-30-28-26-24-22-20-21-23-25-27-29-31-33-35-37-39-41-43-46-50-54-58-62-66-70-74-80(85)82-78(77-83)79(84)73-69-65-61-57-53-49-16-14-12-10-8-6-4-2/h78-79,83-84H,3-77H2,1-2H3,(H,82,85). The molecule has 0 bridgehead atoms. The first-order chi connectivity index (χ1) is 43.0. The maximum absolute atomic E-state index is 12.5. The van der Waals surface area contributed by atoms with Gasteiger partial charge in [0.1, 0.15) is 0 Å². The van der Waals surface area contributed by atoms with Crippen molar-refractivity contribution in [2.45, 2.75) is 495 Å². The van der Waals surface area contributed by atoms with Gasteiger partial charge in [0.25, 0.3) is 0 Å². The summed E-state index contributed by atoms with van der Waals surface area (Å²) in [5, 5.41) is 23.3. The number of unbranched alkanes of at least 4 members (excludes halogenated alkanes) is 67. The fourth-order valence-electron chi connectivity index (χ4n) is 13.5. The van der Waals surface area contributed by atoms with Crippen LogP contribution in [0.5, 0.6) is 0 Å². The number of nitrogens with one attached hydrogen (secondary N) is 1. The highest BCUT2D eigenvalue weighted by Gasteiger charge is 2.20. The van der Waals surface area contributed by atoms with Gasteiger partial charge in [-0.15, -0.1) is 0 Å². The molecule has 1 amide bonds. The molecule has 0 saturated carbocycles. The van der Waals surface area contributed by atoms with Gasteiger partial charge in [0.2, 0.25) is 5.91 Å². The van der Waals surface area contributed by atoms with E-state index in [0.717, 1.165) is 38.5 Å². The Morgan fingerprint density at radius 2 is 0.471 bits per heavy atom. The number of esters is 1. The largest absolute Gasteiger partial charge is 0.466 e. The van der Waals surface area contributed by atoms with Crippen LogP contribution in [0.1, 0.15) is 483 Å². The van der Waals surface area contributed by atoms with Gasteiger partial charge < -0.3 is 20.3 Å². The Hall–Kier alpha value is -1.14. The van der Waals surface area contributed by atoms with Crippen LogP contribution in [-0.2, 0) is 14.3 Å². The molecule has 6 nitrogen and oxygen atoms in total. The molecule has 0 aromatic carbocycles. The monoisotopic (exact) mass is 1230 g/mol. The molecular weight excluding hydrogens is 1070 g/mol. The van der Waals surface area contributed by atoms with Crippen molar-refractivity contribution in [3.63, 3.8) is 0 Å². The second-order valence-corrected chi connectivity index (χ2v) is 28.5. The van der Waals surface area contributed by atoms with Crippen LogP contribution in [0.3, 0.4) is 0 Å². The van der Waals surface area contributed by atoms with Crippen molar-refractivity contribution < 1.29 is 24.5 Å². The normalized spacial score (nSPS) is 12.4. The molecule has 0 aliphatic rings. The summed E-state index contributed by atoms with van der Waals surface area (Å²) in [4.78, 5) is 24.6. The third kappa shape index (κ3) is 73.8. The van der Waals surface area contributed by atoms with Gasteiger partial charge >= 0.3 is 5.97 Å². The van der Waals surface area contributed by atoms with Crippen molar-refractivity contribution in [2.24, 2.45) is 0 Å². The summed E-state index contributed by atoms with van der Waals surface area (Å²) in [5.74, 6) is 0.00444. The topological polar surface area (TPSA) is 95.9 Å². The first kappa shape index (κ1) is 85.9. The Balaban J connectivity index is 3.25. The third-order valence-corrected chi connectivity index (χ3v) is 19.7. The van der Waals surface area contributed by atoms with Crippen molar-refractivity contribution in [3.8, 4) is 0 Å². The number of aliphatic hydroxyl groups excluding tert-OH is 2. The molecule has 2 atom stereocenters. The van der Waals surface area contributed by atoms with E-state index in [9.17, 15) is 19.8 Å². The molecule has 0 aliphatic heterocycles. The smallest absolute Gasteiger partial charge is 0.305 e. The second kappa shape index (κ2) is 77.3. The van der Waals surface area contributed by atoms with Gasteiger partial charge in [0, 0.05) is 12.8 Å². The number of hydrogen-bond donors (Lipinski definition) is 3. The highest BCUT2D eigenvalue weighted by molar-refractivity contribution is 5.76. The van der Waals surface area contributed by atoms with Gasteiger partial charge in [-0.1, -0.05) is 444 Å². The number of amides is 1. The molecule has 0 spiro atoms. The van der Waals surface area contributed by atoms with Gasteiger partial charge in [-0.3, -0.25) is 9.59 Å². The number of carbonyl (C=O) groups is 2. The fraction of sp³-hybridized carbons (Fsp3) is 0.975. The number of hydrogen-bond acceptors (Lipinski definition) is 5. The van der Waals surface area contributed by atoms with E-state index in [1.807, 2.05) is 0 Å². The van der Waals surface area contributed by atoms with E-state index >= 15 is 0 Å². The Bertz CT molecular complexity index is 1280. The van der Waals surface area contributed by atoms with E-state index in [-0.39, 0.29) is 18.5 Å². The van der Waals surface area contributed by atoms with Crippen LogP contribution in [0, 0.1) is 0 Å². The molecule has 87 heavy (non-hydrogen) atoms. The average molecular weight is 1230 g/mol. The zero-order valence-corrected chi connectivity index (χ0v) is 59.8. The van der Waals surface area contributed by atoms with Gasteiger partial charge in [-0.25, -0.2) is 0 Å². The lowest BCUT2D eigenvalue weighted by atomic mass is 10.0. The minimum atomic E-state index is -0.658. The molecule has 520 valence electrons. The lowest BCUT2D eigenvalue weighted by molar-refractivity contribution is -0.143. The molecule has 0 rings (SSSR count). The lowest BCUT2D eigenvalue weighted by Gasteiger charge is -2.22. The fourth-order valence-corrected chi connectivity index (χ4v) is 13.5. The molecule has 0 heterocycles. The van der Waals surface area contributed by atoms with Crippen molar-refractivity contribution in [1.82, 2.24) is 5.32 Å². The molecule has 0 aromatic heterocycles. The van der Waals surface area contributed by atoms with Crippen LogP contribution >= 0.6 is 0 Å². The Morgan fingerprint density at radius 3 is 0.701 bits per heavy atom. The maximum atomic E-state index is 12.5. The average Bonchev–Trinajstić information content (AvgIpc) is 3.54. The van der Waals surface area contributed by atoms with Crippen LogP contribution in [0.15, 0.2) is 0 Å². The molecule has 0 saturated heterocycles. The zero-order valence-electron chi connectivity index (χ0n) is 59.8.